The van der Waals surface area contributed by atoms with Crippen molar-refractivity contribution in [2.24, 2.45) is 11.1 Å². The Morgan fingerprint density at radius 1 is 1.29 bits per heavy atom. The zero-order valence-electron chi connectivity index (χ0n) is 8.45. The van der Waals surface area contributed by atoms with E-state index in [1.165, 1.54) is 0 Å². The molecule has 0 atom stereocenters. The van der Waals surface area contributed by atoms with Gasteiger partial charge in [0.05, 0.1) is 11.2 Å². The number of carbonyl (C=O) groups excluding carboxylic acids is 1. The molecule has 4 nitrogen and oxygen atoms in total. The van der Waals surface area contributed by atoms with Gasteiger partial charge < -0.3 is 5.73 Å². The number of hydrogen-bond acceptors (Lipinski definition) is 3. The molecule has 0 aromatic heterocycles. The highest BCUT2D eigenvalue weighted by Gasteiger charge is 2.40. The van der Waals surface area contributed by atoms with Gasteiger partial charge in [-0.2, -0.15) is 0 Å². The van der Waals surface area contributed by atoms with Crippen LogP contribution in [-0.2, 0) is 14.6 Å². The third-order valence-electron chi connectivity index (χ3n) is 2.87. The highest BCUT2D eigenvalue weighted by molar-refractivity contribution is 7.90. The molecule has 0 radical (unpaired) electrons. The molecule has 0 aromatic rings. The number of carbonyl (C=O) groups is 1. The van der Waals surface area contributed by atoms with Crippen LogP contribution < -0.4 is 5.73 Å². The van der Waals surface area contributed by atoms with E-state index in [9.17, 15) is 13.2 Å². The number of amides is 1. The standard InChI is InChI=1S/C9H17NO3S/c1-14(12,13)7-9(8(10)11)5-3-2-4-6-9/h2-7H2,1H3,(H2,10,11). The minimum Gasteiger partial charge on any atom is -0.369 e. The Hall–Kier alpha value is -0.580. The zero-order valence-corrected chi connectivity index (χ0v) is 9.27. The molecule has 1 saturated carbocycles. The maximum atomic E-state index is 11.3. The van der Waals surface area contributed by atoms with E-state index in [1.807, 2.05) is 0 Å². The predicted molar refractivity (Wildman–Crippen MR) is 54.4 cm³/mol. The minimum absolute atomic E-state index is 0.0880. The average Bonchev–Trinajstić information content (AvgIpc) is 2.02. The molecular formula is C9H17NO3S. The Kier molecular flexibility index (Phi) is 3.19. The predicted octanol–water partition coefficient (Wildman–Crippen LogP) is 0.467. The second-order valence-electron chi connectivity index (χ2n) is 4.28. The second kappa shape index (κ2) is 3.88. The normalized spacial score (nSPS) is 21.8. The van der Waals surface area contributed by atoms with Crippen LogP contribution in [0.2, 0.25) is 0 Å². The SMILES string of the molecule is CS(=O)(=O)CC1(C(N)=O)CCCCC1. The van der Waals surface area contributed by atoms with Gasteiger partial charge in [-0.25, -0.2) is 8.42 Å². The van der Waals surface area contributed by atoms with Gasteiger partial charge in [0.15, 0.2) is 0 Å². The van der Waals surface area contributed by atoms with E-state index < -0.39 is 21.2 Å². The monoisotopic (exact) mass is 219 g/mol. The molecule has 0 heterocycles. The minimum atomic E-state index is -3.13. The second-order valence-corrected chi connectivity index (χ2v) is 6.42. The van der Waals surface area contributed by atoms with Gasteiger partial charge >= 0.3 is 0 Å². The van der Waals surface area contributed by atoms with Crippen LogP contribution in [0.25, 0.3) is 0 Å². The Bertz CT molecular complexity index is 315. The van der Waals surface area contributed by atoms with E-state index in [1.54, 1.807) is 0 Å². The lowest BCUT2D eigenvalue weighted by Gasteiger charge is -2.33. The molecule has 82 valence electrons. The first kappa shape index (κ1) is 11.5. The van der Waals surface area contributed by atoms with Crippen LogP contribution in [0.4, 0.5) is 0 Å². The van der Waals surface area contributed by atoms with Crippen LogP contribution >= 0.6 is 0 Å². The third kappa shape index (κ3) is 2.70. The fraction of sp³-hybridized carbons (Fsp3) is 0.889. The smallest absolute Gasteiger partial charge is 0.224 e. The van der Waals surface area contributed by atoms with Crippen LogP contribution in [0.15, 0.2) is 0 Å². The summed E-state index contributed by atoms with van der Waals surface area (Å²) in [6, 6.07) is 0. The topological polar surface area (TPSA) is 77.2 Å². The summed E-state index contributed by atoms with van der Waals surface area (Å²) in [6.45, 7) is 0. The molecule has 0 aromatic carbocycles. The van der Waals surface area contributed by atoms with Crippen molar-refractivity contribution in [2.45, 2.75) is 32.1 Å². The molecule has 2 N–H and O–H groups in total. The molecule has 0 bridgehead atoms. The first-order chi connectivity index (χ1) is 6.36. The van der Waals surface area contributed by atoms with Crippen molar-refractivity contribution in [3.05, 3.63) is 0 Å². The van der Waals surface area contributed by atoms with Crippen LogP contribution in [0.1, 0.15) is 32.1 Å². The van der Waals surface area contributed by atoms with Gasteiger partial charge in [0.25, 0.3) is 0 Å². The van der Waals surface area contributed by atoms with Crippen molar-refractivity contribution in [2.75, 3.05) is 12.0 Å². The van der Waals surface area contributed by atoms with Crippen LogP contribution in [0.3, 0.4) is 0 Å². The lowest BCUT2D eigenvalue weighted by atomic mass is 9.75. The van der Waals surface area contributed by atoms with E-state index in [-0.39, 0.29) is 5.75 Å². The average molecular weight is 219 g/mol. The number of nitrogens with two attached hydrogens (primary N) is 1. The Morgan fingerprint density at radius 2 is 1.79 bits per heavy atom. The Morgan fingerprint density at radius 3 is 2.14 bits per heavy atom. The van der Waals surface area contributed by atoms with Crippen LogP contribution in [0.5, 0.6) is 0 Å². The summed E-state index contributed by atoms with van der Waals surface area (Å²) in [6.07, 6.45) is 5.27. The van der Waals surface area contributed by atoms with Crippen molar-refractivity contribution < 1.29 is 13.2 Å². The van der Waals surface area contributed by atoms with Crippen molar-refractivity contribution in [3.8, 4) is 0 Å². The maximum absolute atomic E-state index is 11.3. The Balaban J connectivity index is 2.87. The lowest BCUT2D eigenvalue weighted by Crippen LogP contribution is -2.43. The highest BCUT2D eigenvalue weighted by atomic mass is 32.2. The van der Waals surface area contributed by atoms with Crippen molar-refractivity contribution in [1.29, 1.82) is 0 Å². The molecule has 1 rings (SSSR count). The van der Waals surface area contributed by atoms with Gasteiger partial charge in [-0.15, -0.1) is 0 Å². The highest BCUT2D eigenvalue weighted by Crippen LogP contribution is 2.37. The zero-order chi connectivity index (χ0) is 10.8. The van der Waals surface area contributed by atoms with Crippen LogP contribution in [0, 0.1) is 5.41 Å². The summed E-state index contributed by atoms with van der Waals surface area (Å²) in [4.78, 5) is 11.3. The maximum Gasteiger partial charge on any atom is 0.224 e. The third-order valence-corrected chi connectivity index (χ3v) is 3.95. The van der Waals surface area contributed by atoms with Gasteiger partial charge in [-0.05, 0) is 12.8 Å². The largest absolute Gasteiger partial charge is 0.369 e. The molecule has 0 spiro atoms. The lowest BCUT2D eigenvalue weighted by molar-refractivity contribution is -0.128. The van der Waals surface area contributed by atoms with Gasteiger partial charge in [0.2, 0.25) is 5.91 Å². The molecule has 1 fully saturated rings. The van der Waals surface area contributed by atoms with E-state index in [2.05, 4.69) is 0 Å². The quantitative estimate of drug-likeness (QED) is 0.749. The van der Waals surface area contributed by atoms with E-state index in [0.717, 1.165) is 25.5 Å². The van der Waals surface area contributed by atoms with Crippen molar-refractivity contribution >= 4 is 15.7 Å². The molecular weight excluding hydrogens is 202 g/mol. The fourth-order valence-corrected chi connectivity index (χ4v) is 3.63. The van der Waals surface area contributed by atoms with Crippen molar-refractivity contribution in [1.82, 2.24) is 0 Å². The first-order valence-electron chi connectivity index (χ1n) is 4.83. The molecule has 0 unspecified atom stereocenters. The summed E-state index contributed by atoms with van der Waals surface area (Å²) in [5.41, 5.74) is 4.52. The Labute approximate surface area is 84.8 Å². The van der Waals surface area contributed by atoms with E-state index in [0.29, 0.717) is 12.8 Å². The number of hydrogen-bond donors (Lipinski definition) is 1. The number of primary amides is 1. The summed E-state index contributed by atoms with van der Waals surface area (Å²) in [5, 5.41) is 0. The van der Waals surface area contributed by atoms with Gasteiger partial charge in [-0.1, -0.05) is 19.3 Å². The first-order valence-corrected chi connectivity index (χ1v) is 6.89. The van der Waals surface area contributed by atoms with Gasteiger partial charge in [0, 0.05) is 6.26 Å². The molecule has 1 amide bonds. The summed E-state index contributed by atoms with van der Waals surface area (Å²) in [7, 11) is -3.13. The molecule has 14 heavy (non-hydrogen) atoms. The van der Waals surface area contributed by atoms with Gasteiger partial charge in [-0.3, -0.25) is 4.79 Å². The molecule has 0 aliphatic heterocycles. The molecule has 1 aliphatic carbocycles. The van der Waals surface area contributed by atoms with E-state index in [4.69, 9.17) is 5.73 Å². The van der Waals surface area contributed by atoms with Gasteiger partial charge in [0.1, 0.15) is 9.84 Å². The summed E-state index contributed by atoms with van der Waals surface area (Å²) < 4.78 is 22.4. The van der Waals surface area contributed by atoms with Crippen LogP contribution in [-0.4, -0.2) is 26.3 Å². The van der Waals surface area contributed by atoms with E-state index >= 15 is 0 Å². The number of rotatable bonds is 3. The molecule has 1 aliphatic rings. The number of sulfone groups is 1. The summed E-state index contributed by atoms with van der Waals surface area (Å²) >= 11 is 0. The van der Waals surface area contributed by atoms with Crippen molar-refractivity contribution in [3.63, 3.8) is 0 Å². The fourth-order valence-electron chi connectivity index (χ4n) is 2.19. The molecule has 0 saturated heterocycles. The molecule has 5 heteroatoms. The summed E-state index contributed by atoms with van der Waals surface area (Å²) in [5.74, 6) is -0.544.